The van der Waals surface area contributed by atoms with Crippen molar-refractivity contribution in [1.82, 2.24) is 14.9 Å². The van der Waals surface area contributed by atoms with Gasteiger partial charge < -0.3 is 14.9 Å². The van der Waals surface area contributed by atoms with Gasteiger partial charge in [0, 0.05) is 37.1 Å². The van der Waals surface area contributed by atoms with Crippen LogP contribution in [0.2, 0.25) is 0 Å². The average molecular weight is 419 g/mol. The number of para-hydroxylation sites is 1. The maximum absolute atomic E-state index is 12.6. The molecule has 3 aromatic rings. The molecule has 0 unspecified atom stereocenters. The van der Waals surface area contributed by atoms with Gasteiger partial charge in [-0.15, -0.1) is 0 Å². The predicted octanol–water partition coefficient (Wildman–Crippen LogP) is 3.66. The van der Waals surface area contributed by atoms with E-state index < -0.39 is 6.10 Å². The van der Waals surface area contributed by atoms with Gasteiger partial charge in [0.15, 0.2) is 5.82 Å². The Morgan fingerprint density at radius 2 is 1.68 bits per heavy atom. The van der Waals surface area contributed by atoms with Crippen LogP contribution in [0, 0.1) is 12.8 Å². The lowest BCUT2D eigenvalue weighted by Crippen LogP contribution is -2.52. The number of piperazine rings is 1. The topological polar surface area (TPSA) is 69.6 Å². The summed E-state index contributed by atoms with van der Waals surface area (Å²) in [4.78, 5) is 26.4. The molecule has 31 heavy (non-hydrogen) atoms. The molecular weight excluding hydrogens is 388 g/mol. The summed E-state index contributed by atoms with van der Waals surface area (Å²) in [6, 6.07) is 16.2. The number of nitrogens with zero attached hydrogens (tertiary/aromatic N) is 4. The van der Waals surface area contributed by atoms with E-state index in [1.807, 2.05) is 44.2 Å². The molecule has 162 valence electrons. The van der Waals surface area contributed by atoms with Crippen LogP contribution in [0.25, 0.3) is 22.3 Å². The molecule has 1 saturated heterocycles. The van der Waals surface area contributed by atoms with Crippen LogP contribution in [0.1, 0.15) is 25.8 Å². The van der Waals surface area contributed by atoms with Crippen LogP contribution in [0.15, 0.2) is 48.5 Å². The zero-order valence-electron chi connectivity index (χ0n) is 18.5. The molecule has 1 fully saturated rings. The third-order valence-corrected chi connectivity index (χ3v) is 5.84. The molecule has 1 aliphatic rings. The Morgan fingerprint density at radius 3 is 2.39 bits per heavy atom. The number of aromatic nitrogens is 2. The number of hydrogen-bond donors (Lipinski definition) is 1. The van der Waals surface area contributed by atoms with Crippen molar-refractivity contribution in [2.75, 3.05) is 31.1 Å². The van der Waals surface area contributed by atoms with Gasteiger partial charge >= 0.3 is 0 Å². The third-order valence-electron chi connectivity index (χ3n) is 5.84. The van der Waals surface area contributed by atoms with E-state index in [-0.39, 0.29) is 11.8 Å². The Bertz CT molecular complexity index is 1070. The second-order valence-corrected chi connectivity index (χ2v) is 8.66. The second kappa shape index (κ2) is 9.02. The highest BCUT2D eigenvalue weighted by molar-refractivity contribution is 5.91. The fourth-order valence-electron chi connectivity index (χ4n) is 4.14. The Kier molecular flexibility index (Phi) is 6.18. The lowest BCUT2D eigenvalue weighted by atomic mass is 10.0. The largest absolute Gasteiger partial charge is 0.383 e. The van der Waals surface area contributed by atoms with Gasteiger partial charge in [0.1, 0.15) is 11.9 Å². The summed E-state index contributed by atoms with van der Waals surface area (Å²) in [6.07, 6.45) is -0.422. The molecule has 0 bridgehead atoms. The molecule has 0 spiro atoms. The summed E-state index contributed by atoms with van der Waals surface area (Å²) < 4.78 is 0. The van der Waals surface area contributed by atoms with Crippen LogP contribution in [-0.4, -0.2) is 58.2 Å². The third kappa shape index (κ3) is 4.54. The average Bonchev–Trinajstić information content (AvgIpc) is 2.78. The summed E-state index contributed by atoms with van der Waals surface area (Å²) in [5.41, 5.74) is 3.08. The molecule has 1 amide bonds. The molecule has 6 heteroatoms. The van der Waals surface area contributed by atoms with Crippen LogP contribution < -0.4 is 4.90 Å². The molecule has 1 aliphatic heterocycles. The van der Waals surface area contributed by atoms with E-state index in [1.165, 1.54) is 0 Å². The van der Waals surface area contributed by atoms with Crippen molar-refractivity contribution in [1.29, 1.82) is 0 Å². The standard InChI is InChI=1S/C25H30N4O2/c1-17(2)16-22(30)25(31)29-14-12-28(13-15-29)24-20-10-6-7-11-21(20)26-23(27-24)19-9-5-4-8-18(19)3/h4-11,17,22,30H,12-16H2,1-3H3/t22-/m1/s1. The Morgan fingerprint density at radius 1 is 1.00 bits per heavy atom. The summed E-state index contributed by atoms with van der Waals surface area (Å²) in [7, 11) is 0. The monoisotopic (exact) mass is 418 g/mol. The van der Waals surface area contributed by atoms with Crippen LogP contribution in [0.3, 0.4) is 0 Å². The molecule has 1 aromatic heterocycles. The van der Waals surface area contributed by atoms with Crippen molar-refractivity contribution in [3.05, 3.63) is 54.1 Å². The number of fused-ring (bicyclic) bond motifs is 1. The summed E-state index contributed by atoms with van der Waals surface area (Å²) in [5.74, 6) is 1.74. The van der Waals surface area contributed by atoms with E-state index in [0.29, 0.717) is 32.6 Å². The van der Waals surface area contributed by atoms with Crippen LogP contribution in [-0.2, 0) is 4.79 Å². The van der Waals surface area contributed by atoms with Gasteiger partial charge in [0.2, 0.25) is 0 Å². The number of hydrogen-bond acceptors (Lipinski definition) is 5. The summed E-state index contributed by atoms with van der Waals surface area (Å²) in [5, 5.41) is 11.2. The molecule has 4 rings (SSSR count). The van der Waals surface area contributed by atoms with Crippen molar-refractivity contribution in [3.8, 4) is 11.4 Å². The van der Waals surface area contributed by atoms with Gasteiger partial charge in [-0.05, 0) is 37.0 Å². The molecule has 0 aliphatic carbocycles. The minimum Gasteiger partial charge on any atom is -0.383 e. The van der Waals surface area contributed by atoms with Gasteiger partial charge in [-0.1, -0.05) is 50.2 Å². The van der Waals surface area contributed by atoms with E-state index in [0.717, 1.165) is 33.7 Å². The smallest absolute Gasteiger partial charge is 0.251 e. The number of carbonyl (C=O) groups excluding carboxylic acids is 1. The van der Waals surface area contributed by atoms with Gasteiger partial charge in [-0.25, -0.2) is 9.97 Å². The zero-order valence-corrected chi connectivity index (χ0v) is 18.5. The van der Waals surface area contributed by atoms with E-state index >= 15 is 0 Å². The van der Waals surface area contributed by atoms with E-state index in [1.54, 1.807) is 4.90 Å². The maximum Gasteiger partial charge on any atom is 0.251 e. The number of carbonyl (C=O) groups is 1. The molecule has 0 radical (unpaired) electrons. The van der Waals surface area contributed by atoms with Gasteiger partial charge in [-0.3, -0.25) is 4.79 Å². The van der Waals surface area contributed by atoms with E-state index in [2.05, 4.69) is 30.0 Å². The first kappa shape index (κ1) is 21.2. The van der Waals surface area contributed by atoms with Gasteiger partial charge in [-0.2, -0.15) is 0 Å². The minimum atomic E-state index is -0.918. The molecule has 0 saturated carbocycles. The number of benzene rings is 2. The number of aliphatic hydroxyl groups is 1. The van der Waals surface area contributed by atoms with E-state index in [9.17, 15) is 9.90 Å². The Balaban J connectivity index is 1.60. The molecule has 2 heterocycles. The summed E-state index contributed by atoms with van der Waals surface area (Å²) >= 11 is 0. The molecule has 1 N–H and O–H groups in total. The fraction of sp³-hybridized carbons (Fsp3) is 0.400. The fourth-order valence-corrected chi connectivity index (χ4v) is 4.14. The van der Waals surface area contributed by atoms with Crippen molar-refractivity contribution in [3.63, 3.8) is 0 Å². The number of anilines is 1. The highest BCUT2D eigenvalue weighted by atomic mass is 16.3. The molecule has 6 nitrogen and oxygen atoms in total. The SMILES string of the molecule is Cc1ccccc1-c1nc(N2CCN(C(=O)[C@H](O)CC(C)C)CC2)c2ccccc2n1. The van der Waals surface area contributed by atoms with Crippen molar-refractivity contribution < 1.29 is 9.90 Å². The van der Waals surface area contributed by atoms with Gasteiger partial charge in [0.05, 0.1) is 5.52 Å². The number of rotatable bonds is 5. The molecular formula is C25H30N4O2. The first-order valence-corrected chi connectivity index (χ1v) is 11.0. The van der Waals surface area contributed by atoms with Crippen LogP contribution >= 0.6 is 0 Å². The Labute approximate surface area is 183 Å². The summed E-state index contributed by atoms with van der Waals surface area (Å²) in [6.45, 7) is 8.60. The number of aliphatic hydroxyl groups excluding tert-OH is 1. The molecule has 1 atom stereocenters. The van der Waals surface area contributed by atoms with Crippen LogP contribution in [0.5, 0.6) is 0 Å². The van der Waals surface area contributed by atoms with Crippen molar-refractivity contribution in [2.24, 2.45) is 5.92 Å². The van der Waals surface area contributed by atoms with Crippen molar-refractivity contribution >= 4 is 22.6 Å². The Hall–Kier alpha value is -2.99. The van der Waals surface area contributed by atoms with Crippen LogP contribution in [0.4, 0.5) is 5.82 Å². The highest BCUT2D eigenvalue weighted by Crippen LogP contribution is 2.29. The first-order valence-electron chi connectivity index (χ1n) is 11.0. The van der Waals surface area contributed by atoms with E-state index in [4.69, 9.17) is 9.97 Å². The number of aryl methyl sites for hydroxylation is 1. The second-order valence-electron chi connectivity index (χ2n) is 8.66. The van der Waals surface area contributed by atoms with Crippen molar-refractivity contribution in [2.45, 2.75) is 33.3 Å². The lowest BCUT2D eigenvalue weighted by molar-refractivity contribution is -0.141. The van der Waals surface area contributed by atoms with Gasteiger partial charge in [0.25, 0.3) is 5.91 Å². The first-order chi connectivity index (χ1) is 14.9. The lowest BCUT2D eigenvalue weighted by Gasteiger charge is -2.37. The quantitative estimate of drug-likeness (QED) is 0.685. The number of amides is 1. The maximum atomic E-state index is 12.6. The minimum absolute atomic E-state index is 0.165. The zero-order chi connectivity index (χ0) is 22.0. The predicted molar refractivity (Wildman–Crippen MR) is 124 cm³/mol. The molecule has 2 aromatic carbocycles. The highest BCUT2D eigenvalue weighted by Gasteiger charge is 2.28. The normalized spacial score (nSPS) is 15.5.